The van der Waals surface area contributed by atoms with Gasteiger partial charge in [-0.05, 0) is 44.9 Å². The van der Waals surface area contributed by atoms with Gasteiger partial charge in [0.1, 0.15) is 0 Å². The Morgan fingerprint density at radius 3 is 2.29 bits per heavy atom. The number of nitrogens with one attached hydrogen (secondary N) is 1. The van der Waals surface area contributed by atoms with E-state index in [1.807, 2.05) is 27.7 Å². The van der Waals surface area contributed by atoms with Crippen LogP contribution in [0.15, 0.2) is 18.2 Å². The highest BCUT2D eigenvalue weighted by Crippen LogP contribution is 2.29. The molecule has 0 fully saturated rings. The fourth-order valence-corrected chi connectivity index (χ4v) is 2.39. The largest absolute Gasteiger partial charge is 0.493 e. The number of ether oxygens (including phenoxy) is 2. The van der Waals surface area contributed by atoms with Gasteiger partial charge in [0, 0.05) is 12.1 Å². The fourth-order valence-electron chi connectivity index (χ4n) is 2.39. The van der Waals surface area contributed by atoms with Crippen LogP contribution in [0.25, 0.3) is 0 Å². The third-order valence-corrected chi connectivity index (χ3v) is 4.18. The van der Waals surface area contributed by atoms with Crippen LogP contribution in [0.5, 0.6) is 11.5 Å². The van der Waals surface area contributed by atoms with E-state index >= 15 is 0 Å². The Morgan fingerprint density at radius 2 is 1.83 bits per heavy atom. The van der Waals surface area contributed by atoms with E-state index in [-0.39, 0.29) is 18.6 Å². The molecule has 0 aromatic heterocycles. The van der Waals surface area contributed by atoms with Crippen LogP contribution >= 0.6 is 0 Å². The zero-order valence-electron chi connectivity index (χ0n) is 15.0. The highest BCUT2D eigenvalue weighted by molar-refractivity contribution is 5.95. The predicted octanol–water partition coefficient (Wildman–Crippen LogP) is 3.10. The molecule has 6 nitrogen and oxygen atoms in total. The standard InChI is InChI=1S/C18H27NO5/c1-6-18(7-2,17(21)22)11-19-16(20)13-8-9-14(24-12(3)4)15(10-13)23-5/h8-10,12H,6-7,11H2,1-5H3,(H,19,20)(H,21,22). The number of hydrogen-bond acceptors (Lipinski definition) is 4. The van der Waals surface area contributed by atoms with Crippen LogP contribution in [-0.2, 0) is 4.79 Å². The van der Waals surface area contributed by atoms with Crippen LogP contribution < -0.4 is 14.8 Å². The van der Waals surface area contributed by atoms with E-state index in [4.69, 9.17) is 9.47 Å². The Hall–Kier alpha value is -2.24. The van der Waals surface area contributed by atoms with Crippen LogP contribution in [0.2, 0.25) is 0 Å². The van der Waals surface area contributed by atoms with Crippen molar-refractivity contribution in [1.29, 1.82) is 0 Å². The van der Waals surface area contributed by atoms with Crippen LogP contribution in [0.4, 0.5) is 0 Å². The number of carbonyl (C=O) groups is 2. The van der Waals surface area contributed by atoms with Gasteiger partial charge in [0.15, 0.2) is 11.5 Å². The van der Waals surface area contributed by atoms with Crippen LogP contribution in [0.1, 0.15) is 50.9 Å². The maximum Gasteiger partial charge on any atom is 0.311 e. The van der Waals surface area contributed by atoms with E-state index in [0.717, 1.165) is 0 Å². The van der Waals surface area contributed by atoms with Gasteiger partial charge >= 0.3 is 5.97 Å². The number of rotatable bonds is 9. The molecule has 0 aliphatic rings. The quantitative estimate of drug-likeness (QED) is 0.723. The lowest BCUT2D eigenvalue weighted by Crippen LogP contribution is -2.42. The summed E-state index contributed by atoms with van der Waals surface area (Å²) >= 11 is 0. The molecule has 0 unspecified atom stereocenters. The number of hydrogen-bond donors (Lipinski definition) is 2. The minimum atomic E-state index is -0.944. The molecule has 0 aliphatic heterocycles. The molecule has 1 aromatic rings. The molecule has 2 N–H and O–H groups in total. The zero-order chi connectivity index (χ0) is 18.3. The first-order chi connectivity index (χ1) is 11.3. The molecule has 24 heavy (non-hydrogen) atoms. The monoisotopic (exact) mass is 337 g/mol. The van der Waals surface area contributed by atoms with Crippen molar-refractivity contribution in [3.63, 3.8) is 0 Å². The van der Waals surface area contributed by atoms with E-state index in [9.17, 15) is 14.7 Å². The van der Waals surface area contributed by atoms with Crippen molar-refractivity contribution in [2.75, 3.05) is 13.7 Å². The smallest absolute Gasteiger partial charge is 0.311 e. The van der Waals surface area contributed by atoms with Crippen molar-refractivity contribution in [1.82, 2.24) is 5.32 Å². The lowest BCUT2D eigenvalue weighted by atomic mass is 9.82. The van der Waals surface area contributed by atoms with Crippen molar-refractivity contribution in [3.05, 3.63) is 23.8 Å². The van der Waals surface area contributed by atoms with Crippen LogP contribution in [0.3, 0.4) is 0 Å². The Morgan fingerprint density at radius 1 is 1.21 bits per heavy atom. The predicted molar refractivity (Wildman–Crippen MR) is 91.7 cm³/mol. The number of amides is 1. The summed E-state index contributed by atoms with van der Waals surface area (Å²) < 4.78 is 10.9. The normalized spacial score (nSPS) is 11.2. The Labute approximate surface area is 143 Å². The molecule has 0 aliphatic carbocycles. The molecule has 6 heteroatoms. The van der Waals surface area contributed by atoms with E-state index < -0.39 is 11.4 Å². The summed E-state index contributed by atoms with van der Waals surface area (Å²) in [4.78, 5) is 23.8. The van der Waals surface area contributed by atoms with Crippen molar-refractivity contribution >= 4 is 11.9 Å². The van der Waals surface area contributed by atoms with E-state index in [2.05, 4.69) is 5.32 Å². The molecular formula is C18H27NO5. The molecule has 0 saturated carbocycles. The number of aliphatic carboxylic acids is 1. The first kappa shape index (κ1) is 19.8. The van der Waals surface area contributed by atoms with Gasteiger partial charge < -0.3 is 19.9 Å². The van der Waals surface area contributed by atoms with Crippen molar-refractivity contribution in [2.24, 2.45) is 5.41 Å². The summed E-state index contributed by atoms with van der Waals surface area (Å²) in [5.74, 6) is -0.208. The Balaban J connectivity index is 2.90. The topological polar surface area (TPSA) is 84.9 Å². The SMILES string of the molecule is CCC(CC)(CNC(=O)c1ccc(OC(C)C)c(OC)c1)C(=O)O. The maximum absolute atomic E-state index is 12.3. The summed E-state index contributed by atoms with van der Waals surface area (Å²) in [7, 11) is 1.51. The molecule has 1 rings (SSSR count). The van der Waals surface area contributed by atoms with E-state index in [1.165, 1.54) is 7.11 Å². The number of methoxy groups -OCH3 is 1. The van der Waals surface area contributed by atoms with Crippen LogP contribution in [0, 0.1) is 5.41 Å². The molecule has 0 atom stereocenters. The molecule has 0 radical (unpaired) electrons. The van der Waals surface area contributed by atoms with Crippen LogP contribution in [-0.4, -0.2) is 36.7 Å². The van der Waals surface area contributed by atoms with Crippen molar-refractivity contribution < 1.29 is 24.2 Å². The van der Waals surface area contributed by atoms with E-state index in [0.29, 0.717) is 29.9 Å². The van der Waals surface area contributed by atoms with Gasteiger partial charge in [0.2, 0.25) is 0 Å². The van der Waals surface area contributed by atoms with Gasteiger partial charge in [-0.15, -0.1) is 0 Å². The lowest BCUT2D eigenvalue weighted by molar-refractivity contribution is -0.149. The Bertz CT molecular complexity index is 579. The number of carbonyl (C=O) groups excluding carboxylic acids is 1. The minimum absolute atomic E-state index is 0.0103. The van der Waals surface area contributed by atoms with Gasteiger partial charge in [-0.2, -0.15) is 0 Å². The van der Waals surface area contributed by atoms with Gasteiger partial charge in [0.05, 0.1) is 18.6 Å². The first-order valence-electron chi connectivity index (χ1n) is 8.16. The average molecular weight is 337 g/mol. The molecular weight excluding hydrogens is 310 g/mol. The first-order valence-corrected chi connectivity index (χ1v) is 8.16. The lowest BCUT2D eigenvalue weighted by Gasteiger charge is -2.26. The molecule has 0 spiro atoms. The highest BCUT2D eigenvalue weighted by atomic mass is 16.5. The molecule has 0 heterocycles. The molecule has 0 saturated heterocycles. The number of carboxylic acids is 1. The number of benzene rings is 1. The molecule has 134 valence electrons. The second-order valence-electron chi connectivity index (χ2n) is 6.01. The third kappa shape index (κ3) is 4.63. The second kappa shape index (κ2) is 8.57. The Kier molecular flexibility index (Phi) is 7.07. The fraction of sp³-hybridized carbons (Fsp3) is 0.556. The summed E-state index contributed by atoms with van der Waals surface area (Å²) in [6.07, 6.45) is 0.886. The van der Waals surface area contributed by atoms with Crippen molar-refractivity contribution in [2.45, 2.75) is 46.6 Å². The average Bonchev–Trinajstić information content (AvgIpc) is 2.55. The summed E-state index contributed by atoms with van der Waals surface area (Å²) in [5, 5.41) is 12.1. The molecule has 1 aromatic carbocycles. The number of carboxylic acid groups (broad SMARTS) is 1. The summed E-state index contributed by atoms with van der Waals surface area (Å²) in [6.45, 7) is 7.51. The summed E-state index contributed by atoms with van der Waals surface area (Å²) in [6, 6.07) is 4.90. The van der Waals surface area contributed by atoms with Gasteiger partial charge in [0.25, 0.3) is 5.91 Å². The second-order valence-corrected chi connectivity index (χ2v) is 6.01. The third-order valence-electron chi connectivity index (χ3n) is 4.18. The highest BCUT2D eigenvalue weighted by Gasteiger charge is 2.35. The zero-order valence-corrected chi connectivity index (χ0v) is 15.0. The van der Waals surface area contributed by atoms with Gasteiger partial charge in [-0.25, -0.2) is 0 Å². The molecule has 1 amide bonds. The van der Waals surface area contributed by atoms with Gasteiger partial charge in [-0.1, -0.05) is 13.8 Å². The summed E-state index contributed by atoms with van der Waals surface area (Å²) in [5.41, 5.74) is -0.546. The van der Waals surface area contributed by atoms with Crippen molar-refractivity contribution in [3.8, 4) is 11.5 Å². The molecule has 0 bridgehead atoms. The maximum atomic E-state index is 12.3. The van der Waals surface area contributed by atoms with Gasteiger partial charge in [-0.3, -0.25) is 9.59 Å². The van der Waals surface area contributed by atoms with E-state index in [1.54, 1.807) is 18.2 Å². The minimum Gasteiger partial charge on any atom is -0.493 e.